The van der Waals surface area contributed by atoms with E-state index in [9.17, 15) is 13.9 Å². The van der Waals surface area contributed by atoms with Crippen LogP contribution in [0.3, 0.4) is 0 Å². The molecule has 0 bridgehead atoms. The molecule has 0 aliphatic carbocycles. The molecule has 3 N–H and O–H groups in total. The molecule has 0 saturated carbocycles. The van der Waals surface area contributed by atoms with Crippen molar-refractivity contribution in [1.29, 1.82) is 0 Å². The summed E-state index contributed by atoms with van der Waals surface area (Å²) in [6.07, 6.45) is 1.55. The monoisotopic (exact) mass is 619 g/mol. The van der Waals surface area contributed by atoms with Crippen LogP contribution in [0.1, 0.15) is 29.9 Å². The van der Waals surface area contributed by atoms with Crippen LogP contribution < -0.4 is 5.73 Å². The highest BCUT2D eigenvalue weighted by atomic mass is 35.5. The first-order chi connectivity index (χ1) is 17.5. The number of nitrogen functional groups attached to an aromatic ring is 1. The Balaban J connectivity index is 0.00000253. The molecule has 0 radical (unpaired) electrons. The lowest BCUT2D eigenvalue weighted by Crippen LogP contribution is -2.49. The molecule has 0 spiro atoms. The molecular weight excluding hydrogens is 583 g/mol. The van der Waals surface area contributed by atoms with Crippen molar-refractivity contribution in [2.45, 2.75) is 29.8 Å². The molecule has 1 atom stereocenters. The van der Waals surface area contributed by atoms with Gasteiger partial charge in [0.05, 0.1) is 6.10 Å². The highest BCUT2D eigenvalue weighted by Crippen LogP contribution is 2.30. The lowest BCUT2D eigenvalue weighted by molar-refractivity contribution is 0.0819. The maximum atomic E-state index is 13.5. The summed E-state index contributed by atoms with van der Waals surface area (Å²) in [6.45, 7) is 5.53. The summed E-state index contributed by atoms with van der Waals surface area (Å²) in [7, 11) is 0. The number of aliphatic hydroxyl groups excluding tert-OH is 1. The molecule has 1 fully saturated rings. The van der Waals surface area contributed by atoms with E-state index in [0.29, 0.717) is 12.3 Å². The molecule has 1 unspecified atom stereocenters. The van der Waals surface area contributed by atoms with E-state index < -0.39 is 0 Å². The molecule has 3 aromatic rings. The summed E-state index contributed by atoms with van der Waals surface area (Å²) in [6, 6.07) is 21.0. The normalized spacial score (nSPS) is 14.7. The summed E-state index contributed by atoms with van der Waals surface area (Å²) >= 11 is 1.65. The van der Waals surface area contributed by atoms with E-state index in [2.05, 4.69) is 9.80 Å². The minimum absolute atomic E-state index is 0. The predicted octanol–water partition coefficient (Wildman–Crippen LogP) is 6.50. The fourth-order valence-corrected chi connectivity index (χ4v) is 5.56. The summed E-state index contributed by atoms with van der Waals surface area (Å²) < 4.78 is 26.9. The van der Waals surface area contributed by atoms with E-state index in [-0.39, 0.29) is 60.9 Å². The molecule has 3 aromatic carbocycles. The standard InChI is InChI=1S/C29H35F2N3OS.3ClH/c30-24-7-3-22(4-8-24)29(23-5-9-25(31)10-6-23)2-1-15-33-16-18-34(19-17-33)20-27(35)21-36-28-13-11-26(32)12-14-28;;;/h3-14,27,29,35H,1-2,15-21,32H2;3*1H. The minimum atomic E-state index is -0.369. The van der Waals surface area contributed by atoms with Crippen molar-refractivity contribution in [2.24, 2.45) is 0 Å². The van der Waals surface area contributed by atoms with Crippen LogP contribution in [0.4, 0.5) is 14.5 Å². The highest BCUT2D eigenvalue weighted by molar-refractivity contribution is 7.99. The van der Waals surface area contributed by atoms with E-state index >= 15 is 0 Å². The van der Waals surface area contributed by atoms with Gasteiger partial charge in [-0.3, -0.25) is 4.90 Å². The molecule has 4 rings (SSSR count). The zero-order chi connectivity index (χ0) is 25.3. The van der Waals surface area contributed by atoms with E-state index in [1.165, 1.54) is 24.3 Å². The lowest BCUT2D eigenvalue weighted by atomic mass is 9.87. The van der Waals surface area contributed by atoms with E-state index in [1.54, 1.807) is 11.8 Å². The molecule has 4 nitrogen and oxygen atoms in total. The Hall–Kier alpha value is -1.58. The molecule has 1 aliphatic rings. The highest BCUT2D eigenvalue weighted by Gasteiger charge is 2.20. The van der Waals surface area contributed by atoms with Crippen molar-refractivity contribution in [3.8, 4) is 0 Å². The van der Waals surface area contributed by atoms with Gasteiger partial charge in [-0.1, -0.05) is 24.3 Å². The molecule has 1 heterocycles. The lowest BCUT2D eigenvalue weighted by Gasteiger charge is -2.35. The second kappa shape index (κ2) is 18.0. The zero-order valence-electron chi connectivity index (χ0n) is 21.8. The second-order valence-corrected chi connectivity index (χ2v) is 10.6. The average molecular weight is 621 g/mol. The molecular formula is C29H38Cl3F2N3OS. The maximum Gasteiger partial charge on any atom is 0.123 e. The Morgan fingerprint density at radius 1 is 0.744 bits per heavy atom. The fourth-order valence-electron chi connectivity index (χ4n) is 4.74. The smallest absolute Gasteiger partial charge is 0.123 e. The Kier molecular flexibility index (Phi) is 16.3. The van der Waals surface area contributed by atoms with Crippen LogP contribution >= 0.6 is 49.0 Å². The first kappa shape index (κ1) is 35.4. The molecule has 216 valence electrons. The van der Waals surface area contributed by atoms with Gasteiger partial charge in [-0.05, 0) is 79.0 Å². The number of β-amino-alcohol motifs (C(OH)–C–C–N with tert-alkyl or cyclic N) is 1. The quantitative estimate of drug-likeness (QED) is 0.190. The summed E-state index contributed by atoms with van der Waals surface area (Å²) in [4.78, 5) is 5.93. The van der Waals surface area contributed by atoms with Gasteiger partial charge < -0.3 is 15.7 Å². The van der Waals surface area contributed by atoms with Crippen LogP contribution in [0.2, 0.25) is 0 Å². The van der Waals surface area contributed by atoms with Crippen LogP contribution in [0.25, 0.3) is 0 Å². The number of nitrogens with zero attached hydrogens (tertiary/aromatic N) is 2. The van der Waals surface area contributed by atoms with Gasteiger partial charge in [0, 0.05) is 55.0 Å². The average Bonchev–Trinajstić information content (AvgIpc) is 2.89. The second-order valence-electron chi connectivity index (χ2n) is 9.47. The summed E-state index contributed by atoms with van der Waals surface area (Å²) in [5.74, 6) is 0.284. The molecule has 0 aromatic heterocycles. The number of hydrogen-bond donors (Lipinski definition) is 2. The van der Waals surface area contributed by atoms with Crippen molar-refractivity contribution in [1.82, 2.24) is 9.80 Å². The first-order valence-corrected chi connectivity index (χ1v) is 13.6. The SMILES string of the molecule is Cl.Cl.Cl.Nc1ccc(SCC(O)CN2CCN(CCCC(c3ccc(F)cc3)c3ccc(F)cc3)CC2)cc1. The number of thioether (sulfide) groups is 1. The number of anilines is 1. The van der Waals surface area contributed by atoms with Crippen LogP contribution in [-0.4, -0.2) is 66.0 Å². The Morgan fingerprint density at radius 2 is 1.23 bits per heavy atom. The number of hydrogen-bond acceptors (Lipinski definition) is 5. The molecule has 1 aliphatic heterocycles. The zero-order valence-corrected chi connectivity index (χ0v) is 25.0. The van der Waals surface area contributed by atoms with Crippen molar-refractivity contribution in [3.63, 3.8) is 0 Å². The number of rotatable bonds is 11. The van der Waals surface area contributed by atoms with Gasteiger partial charge in [-0.25, -0.2) is 8.78 Å². The van der Waals surface area contributed by atoms with Gasteiger partial charge in [0.1, 0.15) is 11.6 Å². The maximum absolute atomic E-state index is 13.5. The van der Waals surface area contributed by atoms with Crippen molar-refractivity contribution in [3.05, 3.63) is 95.6 Å². The topological polar surface area (TPSA) is 52.7 Å². The number of benzene rings is 3. The Morgan fingerprint density at radius 3 is 1.74 bits per heavy atom. The number of piperazine rings is 1. The van der Waals surface area contributed by atoms with Gasteiger partial charge in [0.25, 0.3) is 0 Å². The van der Waals surface area contributed by atoms with Crippen molar-refractivity contribution < 1.29 is 13.9 Å². The van der Waals surface area contributed by atoms with Gasteiger partial charge in [0.2, 0.25) is 0 Å². The van der Waals surface area contributed by atoms with Gasteiger partial charge in [-0.15, -0.1) is 49.0 Å². The van der Waals surface area contributed by atoms with Crippen LogP contribution in [0.15, 0.2) is 77.7 Å². The van der Waals surface area contributed by atoms with E-state index in [4.69, 9.17) is 5.73 Å². The molecule has 10 heteroatoms. The van der Waals surface area contributed by atoms with E-state index in [0.717, 1.165) is 67.3 Å². The Labute approximate surface area is 253 Å². The summed E-state index contributed by atoms with van der Waals surface area (Å²) in [5, 5.41) is 10.5. The largest absolute Gasteiger partial charge is 0.399 e. The van der Waals surface area contributed by atoms with Crippen molar-refractivity contribution in [2.75, 3.05) is 50.8 Å². The van der Waals surface area contributed by atoms with Crippen LogP contribution in [0, 0.1) is 11.6 Å². The van der Waals surface area contributed by atoms with Gasteiger partial charge in [0.15, 0.2) is 0 Å². The third-order valence-electron chi connectivity index (χ3n) is 6.77. The van der Waals surface area contributed by atoms with Gasteiger partial charge >= 0.3 is 0 Å². The molecule has 0 amide bonds. The summed E-state index contributed by atoms with van der Waals surface area (Å²) in [5.41, 5.74) is 8.59. The molecule has 39 heavy (non-hydrogen) atoms. The first-order valence-electron chi connectivity index (χ1n) is 12.6. The number of nitrogens with two attached hydrogens (primary N) is 1. The van der Waals surface area contributed by atoms with Crippen molar-refractivity contribution >= 4 is 54.7 Å². The minimum Gasteiger partial charge on any atom is -0.399 e. The number of aliphatic hydroxyl groups is 1. The third-order valence-corrected chi connectivity index (χ3v) is 7.93. The molecule has 1 saturated heterocycles. The van der Waals surface area contributed by atoms with Gasteiger partial charge in [-0.2, -0.15) is 0 Å². The van der Waals surface area contributed by atoms with Crippen LogP contribution in [0.5, 0.6) is 0 Å². The Bertz CT molecular complexity index is 1030. The predicted molar refractivity (Wildman–Crippen MR) is 166 cm³/mol. The number of halogens is 5. The third kappa shape index (κ3) is 11.4. The van der Waals surface area contributed by atoms with E-state index in [1.807, 2.05) is 48.5 Å². The fraction of sp³-hybridized carbons (Fsp3) is 0.379. The van der Waals surface area contributed by atoms with Crippen LogP contribution in [-0.2, 0) is 0 Å².